The zero-order valence-electron chi connectivity index (χ0n) is 24.2. The second-order valence-electron chi connectivity index (χ2n) is 10.5. The predicted octanol–water partition coefficient (Wildman–Crippen LogP) is 6.79. The molecular formula is C32H52O6. The second-order valence-corrected chi connectivity index (χ2v) is 10.5. The maximum absolute atomic E-state index is 10.3. The van der Waals surface area contributed by atoms with Crippen LogP contribution in [0.25, 0.3) is 10.8 Å². The molecule has 6 nitrogen and oxygen atoms in total. The van der Waals surface area contributed by atoms with Crippen molar-refractivity contribution in [3.63, 3.8) is 0 Å². The Balaban J connectivity index is 1.72. The van der Waals surface area contributed by atoms with E-state index in [4.69, 9.17) is 18.9 Å². The summed E-state index contributed by atoms with van der Waals surface area (Å²) < 4.78 is 23.1. The summed E-state index contributed by atoms with van der Waals surface area (Å²) in [4.78, 5) is 0. The molecule has 0 saturated heterocycles. The molecule has 4 atom stereocenters. The first-order chi connectivity index (χ1) is 18.5. The van der Waals surface area contributed by atoms with E-state index in [2.05, 4.69) is 27.7 Å². The monoisotopic (exact) mass is 532 g/mol. The molecule has 4 unspecified atom stereocenters. The lowest BCUT2D eigenvalue weighted by atomic mass is 10.0. The van der Waals surface area contributed by atoms with Crippen molar-refractivity contribution in [3.8, 4) is 11.5 Å². The van der Waals surface area contributed by atoms with Crippen molar-refractivity contribution in [3.05, 3.63) is 36.4 Å². The fourth-order valence-electron chi connectivity index (χ4n) is 4.40. The van der Waals surface area contributed by atoms with Crippen LogP contribution in [0.4, 0.5) is 0 Å². The zero-order chi connectivity index (χ0) is 27.6. The number of rotatable bonds is 22. The first-order valence-electron chi connectivity index (χ1n) is 14.8. The van der Waals surface area contributed by atoms with Gasteiger partial charge in [0.25, 0.3) is 0 Å². The zero-order valence-corrected chi connectivity index (χ0v) is 24.2. The minimum Gasteiger partial charge on any atom is -0.491 e. The highest BCUT2D eigenvalue weighted by Crippen LogP contribution is 2.25. The van der Waals surface area contributed by atoms with Crippen molar-refractivity contribution in [2.24, 2.45) is 11.8 Å². The fraction of sp³-hybridized carbons (Fsp3) is 0.688. The van der Waals surface area contributed by atoms with E-state index in [9.17, 15) is 10.2 Å². The molecule has 0 saturated carbocycles. The second kappa shape index (κ2) is 19.2. The molecular weight excluding hydrogens is 480 g/mol. The summed E-state index contributed by atoms with van der Waals surface area (Å²) in [6.45, 7) is 11.1. The number of ether oxygens (including phenoxy) is 4. The summed E-state index contributed by atoms with van der Waals surface area (Å²) in [5.74, 6) is 2.53. The molecule has 0 amide bonds. The average molecular weight is 533 g/mol. The average Bonchev–Trinajstić information content (AvgIpc) is 2.94. The summed E-state index contributed by atoms with van der Waals surface area (Å²) >= 11 is 0. The lowest BCUT2D eigenvalue weighted by Gasteiger charge is -2.17. The van der Waals surface area contributed by atoms with Gasteiger partial charge in [-0.3, -0.25) is 0 Å². The Morgan fingerprint density at radius 1 is 0.579 bits per heavy atom. The Bertz CT molecular complexity index is 801. The molecule has 2 aromatic rings. The molecule has 0 heterocycles. The molecule has 0 aliphatic carbocycles. The van der Waals surface area contributed by atoms with E-state index in [0.29, 0.717) is 36.5 Å². The van der Waals surface area contributed by atoms with Crippen LogP contribution in [-0.4, -0.2) is 62.1 Å². The van der Waals surface area contributed by atoms with Gasteiger partial charge in [0, 0.05) is 13.2 Å². The van der Waals surface area contributed by atoms with Crippen LogP contribution in [0, 0.1) is 11.8 Å². The highest BCUT2D eigenvalue weighted by Gasteiger charge is 2.12. The van der Waals surface area contributed by atoms with Gasteiger partial charge in [0.15, 0.2) is 0 Å². The summed E-state index contributed by atoms with van der Waals surface area (Å²) in [6.07, 6.45) is 8.07. The maximum atomic E-state index is 10.3. The van der Waals surface area contributed by atoms with Gasteiger partial charge in [-0.05, 0) is 59.7 Å². The number of hydrogen-bond acceptors (Lipinski definition) is 6. The maximum Gasteiger partial charge on any atom is 0.120 e. The van der Waals surface area contributed by atoms with E-state index in [1.54, 1.807) is 0 Å². The summed E-state index contributed by atoms with van der Waals surface area (Å²) in [5, 5.41) is 22.6. The molecule has 0 radical (unpaired) electrons. The van der Waals surface area contributed by atoms with Gasteiger partial charge in [-0.15, -0.1) is 0 Å². The van der Waals surface area contributed by atoms with E-state index in [1.165, 1.54) is 38.5 Å². The van der Waals surface area contributed by atoms with Gasteiger partial charge in [-0.1, -0.05) is 78.4 Å². The molecule has 0 bridgehead atoms. The number of fused-ring (bicyclic) bond motifs is 1. The number of hydrogen-bond donors (Lipinski definition) is 2. The molecule has 2 N–H and O–H groups in total. The van der Waals surface area contributed by atoms with Crippen LogP contribution >= 0.6 is 0 Å². The Hall–Kier alpha value is -1.86. The van der Waals surface area contributed by atoms with Crippen LogP contribution in [0.15, 0.2) is 36.4 Å². The standard InChI is InChI=1S/C32H52O6/c1-5-9-11-25(7-3)19-35-21-29(33)23-37-31-15-13-28-18-32(16-14-27(28)17-31)38-24-30(34)22-36-20-26(8-4)12-10-6-2/h13-18,25-26,29-30,33-34H,5-12,19-24H2,1-4H3. The van der Waals surface area contributed by atoms with E-state index < -0.39 is 12.2 Å². The summed E-state index contributed by atoms with van der Waals surface area (Å²) in [6, 6.07) is 11.6. The van der Waals surface area contributed by atoms with Gasteiger partial charge in [-0.25, -0.2) is 0 Å². The predicted molar refractivity (Wildman–Crippen MR) is 155 cm³/mol. The normalized spacial score (nSPS) is 14.8. The number of aliphatic hydroxyl groups excluding tert-OH is 2. The van der Waals surface area contributed by atoms with Gasteiger partial charge in [0.05, 0.1) is 13.2 Å². The highest BCUT2D eigenvalue weighted by atomic mass is 16.5. The van der Waals surface area contributed by atoms with E-state index in [0.717, 1.165) is 23.6 Å². The molecule has 2 aromatic carbocycles. The lowest BCUT2D eigenvalue weighted by molar-refractivity contribution is -0.00111. The van der Waals surface area contributed by atoms with E-state index in [1.807, 2.05) is 36.4 Å². The van der Waals surface area contributed by atoms with Crippen molar-refractivity contribution in [2.75, 3.05) is 39.6 Å². The van der Waals surface area contributed by atoms with E-state index in [-0.39, 0.29) is 26.4 Å². The molecule has 2 rings (SSSR count). The molecule has 6 heteroatoms. The van der Waals surface area contributed by atoms with Gasteiger partial charge in [0.2, 0.25) is 0 Å². The molecule has 0 aliphatic rings. The van der Waals surface area contributed by atoms with Gasteiger partial charge in [0.1, 0.15) is 36.9 Å². The Labute approximate surface area is 230 Å². The van der Waals surface area contributed by atoms with Crippen LogP contribution in [0.1, 0.15) is 79.1 Å². The first kappa shape index (κ1) is 32.4. The third-order valence-corrected chi connectivity index (χ3v) is 7.08. The minimum absolute atomic E-state index is 0.190. The Morgan fingerprint density at radius 2 is 1.00 bits per heavy atom. The fourth-order valence-corrected chi connectivity index (χ4v) is 4.40. The molecule has 0 aromatic heterocycles. The summed E-state index contributed by atoms with van der Waals surface area (Å²) in [7, 11) is 0. The number of aliphatic hydroxyl groups is 2. The van der Waals surface area contributed by atoms with Crippen LogP contribution in [-0.2, 0) is 9.47 Å². The van der Waals surface area contributed by atoms with Crippen LogP contribution < -0.4 is 9.47 Å². The van der Waals surface area contributed by atoms with Gasteiger partial charge in [-0.2, -0.15) is 0 Å². The first-order valence-corrected chi connectivity index (χ1v) is 14.8. The quantitative estimate of drug-likeness (QED) is 0.174. The van der Waals surface area contributed by atoms with Crippen molar-refractivity contribution >= 4 is 10.8 Å². The smallest absolute Gasteiger partial charge is 0.120 e. The molecule has 216 valence electrons. The van der Waals surface area contributed by atoms with Crippen molar-refractivity contribution in [2.45, 2.75) is 91.3 Å². The molecule has 0 spiro atoms. The number of benzene rings is 2. The largest absolute Gasteiger partial charge is 0.491 e. The number of unbranched alkanes of at least 4 members (excludes halogenated alkanes) is 2. The van der Waals surface area contributed by atoms with Gasteiger partial charge >= 0.3 is 0 Å². The van der Waals surface area contributed by atoms with Crippen molar-refractivity contribution in [1.82, 2.24) is 0 Å². The SMILES string of the molecule is CCCCC(CC)COCC(O)COc1ccc2cc(OCC(O)COCC(CC)CCCC)ccc2c1. The Morgan fingerprint density at radius 3 is 1.37 bits per heavy atom. The third-order valence-electron chi connectivity index (χ3n) is 7.08. The molecule has 0 aliphatic heterocycles. The van der Waals surface area contributed by atoms with Crippen LogP contribution in [0.5, 0.6) is 11.5 Å². The molecule has 38 heavy (non-hydrogen) atoms. The van der Waals surface area contributed by atoms with E-state index >= 15 is 0 Å². The topological polar surface area (TPSA) is 77.4 Å². The van der Waals surface area contributed by atoms with Crippen LogP contribution in [0.3, 0.4) is 0 Å². The van der Waals surface area contributed by atoms with Gasteiger partial charge < -0.3 is 29.2 Å². The lowest BCUT2D eigenvalue weighted by Crippen LogP contribution is -2.25. The van der Waals surface area contributed by atoms with Crippen molar-refractivity contribution in [1.29, 1.82) is 0 Å². The summed E-state index contributed by atoms with van der Waals surface area (Å²) in [5.41, 5.74) is 0. The molecule has 0 fully saturated rings. The van der Waals surface area contributed by atoms with Crippen molar-refractivity contribution < 1.29 is 29.2 Å². The highest BCUT2D eigenvalue weighted by molar-refractivity contribution is 5.85. The van der Waals surface area contributed by atoms with Crippen LogP contribution in [0.2, 0.25) is 0 Å². The Kier molecular flexibility index (Phi) is 16.4. The third kappa shape index (κ3) is 12.8. The minimum atomic E-state index is -0.662.